The highest BCUT2D eigenvalue weighted by Gasteiger charge is 2.51. The van der Waals surface area contributed by atoms with E-state index in [9.17, 15) is 4.79 Å². The lowest BCUT2D eigenvalue weighted by atomic mass is 9.79. The van der Waals surface area contributed by atoms with Crippen molar-refractivity contribution < 1.29 is 23.9 Å². The van der Waals surface area contributed by atoms with E-state index in [4.69, 9.17) is 19.2 Å². The first kappa shape index (κ1) is 16.6. The molecule has 1 aromatic rings. The maximum atomic E-state index is 10.4. The molecule has 22 heavy (non-hydrogen) atoms. The van der Waals surface area contributed by atoms with Crippen LogP contribution in [0.3, 0.4) is 0 Å². The average molecular weight is 307 g/mol. The SMILES string of the molecule is CC1(C)OB(c2cccc(OCCNC(=O)O)c2)OC1(C)C. The molecule has 0 aromatic heterocycles. The minimum Gasteiger partial charge on any atom is -0.492 e. The third-order valence-corrected chi connectivity index (χ3v) is 4.03. The van der Waals surface area contributed by atoms with Gasteiger partial charge in [0, 0.05) is 0 Å². The second-order valence-electron chi connectivity index (χ2n) is 6.24. The summed E-state index contributed by atoms with van der Waals surface area (Å²) in [4.78, 5) is 10.4. The van der Waals surface area contributed by atoms with Crippen molar-refractivity contribution in [3.05, 3.63) is 24.3 Å². The highest BCUT2D eigenvalue weighted by Crippen LogP contribution is 2.36. The maximum absolute atomic E-state index is 10.4. The van der Waals surface area contributed by atoms with Crippen LogP contribution in [0.1, 0.15) is 27.7 Å². The molecule has 7 heteroatoms. The van der Waals surface area contributed by atoms with E-state index in [1.807, 2.05) is 52.0 Å². The molecule has 1 fully saturated rings. The Morgan fingerprint density at radius 3 is 2.50 bits per heavy atom. The van der Waals surface area contributed by atoms with Crippen molar-refractivity contribution in [2.45, 2.75) is 38.9 Å². The van der Waals surface area contributed by atoms with Gasteiger partial charge >= 0.3 is 13.2 Å². The fourth-order valence-corrected chi connectivity index (χ4v) is 2.06. The van der Waals surface area contributed by atoms with E-state index in [-0.39, 0.29) is 24.4 Å². The van der Waals surface area contributed by atoms with Crippen molar-refractivity contribution in [2.24, 2.45) is 0 Å². The standard InChI is InChI=1S/C15H22BNO5/c1-14(2)15(3,4)22-16(21-14)11-6-5-7-12(10-11)20-9-8-17-13(18)19/h5-7,10,17H,8-9H2,1-4H3,(H,18,19). The lowest BCUT2D eigenvalue weighted by Crippen LogP contribution is -2.41. The van der Waals surface area contributed by atoms with Crippen LogP contribution in [0, 0.1) is 0 Å². The van der Waals surface area contributed by atoms with Crippen LogP contribution in [0.5, 0.6) is 5.75 Å². The molecule has 1 aliphatic rings. The Kier molecular flexibility index (Phi) is 4.67. The van der Waals surface area contributed by atoms with E-state index in [1.165, 1.54) is 0 Å². The van der Waals surface area contributed by atoms with Gasteiger partial charge in [-0.25, -0.2) is 4.79 Å². The normalized spacial score (nSPS) is 19.0. The molecular weight excluding hydrogens is 285 g/mol. The quantitative estimate of drug-likeness (QED) is 0.639. The minimum absolute atomic E-state index is 0.232. The predicted molar refractivity (Wildman–Crippen MR) is 83.7 cm³/mol. The smallest absolute Gasteiger partial charge is 0.492 e. The van der Waals surface area contributed by atoms with Gasteiger partial charge in [-0.3, -0.25) is 0 Å². The minimum atomic E-state index is -1.06. The zero-order chi connectivity index (χ0) is 16.4. The molecule has 0 unspecified atom stereocenters. The zero-order valence-corrected chi connectivity index (χ0v) is 13.4. The average Bonchev–Trinajstić information content (AvgIpc) is 2.64. The molecule has 0 atom stereocenters. The predicted octanol–water partition coefficient (Wildman–Crippen LogP) is 1.63. The van der Waals surface area contributed by atoms with Gasteiger partial charge in [0.25, 0.3) is 0 Å². The largest absolute Gasteiger partial charge is 0.494 e. The number of rotatable bonds is 5. The molecule has 2 N–H and O–H groups in total. The summed E-state index contributed by atoms with van der Waals surface area (Å²) in [6, 6.07) is 7.45. The summed E-state index contributed by atoms with van der Waals surface area (Å²) in [5.41, 5.74) is 0.0993. The van der Waals surface area contributed by atoms with Gasteiger partial charge < -0.3 is 24.5 Å². The van der Waals surface area contributed by atoms with Crippen LogP contribution < -0.4 is 15.5 Å². The second-order valence-corrected chi connectivity index (χ2v) is 6.24. The molecule has 0 radical (unpaired) electrons. The summed E-state index contributed by atoms with van der Waals surface area (Å²) in [5, 5.41) is 10.7. The first-order chi connectivity index (χ1) is 10.2. The van der Waals surface area contributed by atoms with Gasteiger partial charge in [-0.2, -0.15) is 0 Å². The van der Waals surface area contributed by atoms with Crippen molar-refractivity contribution >= 4 is 18.7 Å². The van der Waals surface area contributed by atoms with E-state index < -0.39 is 13.2 Å². The van der Waals surface area contributed by atoms with E-state index in [0.717, 1.165) is 5.46 Å². The Hall–Kier alpha value is -1.73. The Morgan fingerprint density at radius 1 is 1.27 bits per heavy atom. The highest BCUT2D eigenvalue weighted by molar-refractivity contribution is 6.62. The Bertz CT molecular complexity index is 530. The first-order valence-electron chi connectivity index (χ1n) is 7.26. The molecule has 6 nitrogen and oxygen atoms in total. The van der Waals surface area contributed by atoms with Crippen molar-refractivity contribution in [3.63, 3.8) is 0 Å². The lowest BCUT2D eigenvalue weighted by Gasteiger charge is -2.32. The fraction of sp³-hybridized carbons (Fsp3) is 0.533. The van der Waals surface area contributed by atoms with Crippen LogP contribution in [-0.4, -0.2) is 42.7 Å². The van der Waals surface area contributed by atoms with Crippen LogP contribution in [-0.2, 0) is 9.31 Å². The Labute approximate surface area is 130 Å². The van der Waals surface area contributed by atoms with Crippen molar-refractivity contribution in [2.75, 3.05) is 13.2 Å². The monoisotopic (exact) mass is 307 g/mol. The molecule has 0 saturated carbocycles. The summed E-state index contributed by atoms with van der Waals surface area (Å²) in [5.74, 6) is 0.652. The maximum Gasteiger partial charge on any atom is 0.494 e. The number of amides is 1. The lowest BCUT2D eigenvalue weighted by molar-refractivity contribution is 0.00578. The second kappa shape index (κ2) is 6.18. The van der Waals surface area contributed by atoms with Gasteiger partial charge in [0.2, 0.25) is 0 Å². The Morgan fingerprint density at radius 2 is 1.91 bits per heavy atom. The number of nitrogens with one attached hydrogen (secondary N) is 1. The molecule has 1 heterocycles. The van der Waals surface area contributed by atoms with Gasteiger partial charge in [-0.15, -0.1) is 0 Å². The zero-order valence-electron chi connectivity index (χ0n) is 13.4. The van der Waals surface area contributed by atoms with Crippen LogP contribution in [0.4, 0.5) is 4.79 Å². The van der Waals surface area contributed by atoms with Gasteiger partial charge in [0.05, 0.1) is 17.7 Å². The molecule has 1 saturated heterocycles. The molecule has 1 aromatic carbocycles. The van der Waals surface area contributed by atoms with Crippen LogP contribution in [0.2, 0.25) is 0 Å². The van der Waals surface area contributed by atoms with Gasteiger partial charge in [0.15, 0.2) is 0 Å². The van der Waals surface area contributed by atoms with Gasteiger partial charge in [-0.1, -0.05) is 12.1 Å². The number of ether oxygens (including phenoxy) is 1. The Balaban J connectivity index is 1.99. The summed E-state index contributed by atoms with van der Waals surface area (Å²) in [6.45, 7) is 8.51. The van der Waals surface area contributed by atoms with E-state index in [2.05, 4.69) is 5.32 Å². The summed E-state index contributed by atoms with van der Waals surface area (Å²) >= 11 is 0. The molecule has 2 rings (SSSR count). The molecule has 1 amide bonds. The van der Waals surface area contributed by atoms with Gasteiger partial charge in [-0.05, 0) is 45.3 Å². The summed E-state index contributed by atoms with van der Waals surface area (Å²) < 4.78 is 17.5. The van der Waals surface area contributed by atoms with Crippen molar-refractivity contribution in [3.8, 4) is 5.75 Å². The van der Waals surface area contributed by atoms with Crippen LogP contribution in [0.15, 0.2) is 24.3 Å². The highest BCUT2D eigenvalue weighted by atomic mass is 16.7. The molecular formula is C15H22BNO5. The number of hydrogen-bond acceptors (Lipinski definition) is 4. The molecule has 0 spiro atoms. The van der Waals surface area contributed by atoms with E-state index >= 15 is 0 Å². The fourth-order valence-electron chi connectivity index (χ4n) is 2.06. The topological polar surface area (TPSA) is 77.0 Å². The number of carboxylic acid groups (broad SMARTS) is 1. The number of carbonyl (C=O) groups is 1. The molecule has 120 valence electrons. The molecule has 0 aliphatic carbocycles. The van der Waals surface area contributed by atoms with Crippen molar-refractivity contribution in [1.29, 1.82) is 0 Å². The molecule has 1 aliphatic heterocycles. The summed E-state index contributed by atoms with van der Waals surface area (Å²) in [6.07, 6.45) is -1.06. The van der Waals surface area contributed by atoms with Gasteiger partial charge in [0.1, 0.15) is 12.4 Å². The third kappa shape index (κ3) is 3.72. The summed E-state index contributed by atoms with van der Waals surface area (Å²) in [7, 11) is -0.439. The van der Waals surface area contributed by atoms with Crippen molar-refractivity contribution in [1.82, 2.24) is 5.32 Å². The number of hydrogen-bond donors (Lipinski definition) is 2. The van der Waals surface area contributed by atoms with E-state index in [1.54, 1.807) is 0 Å². The number of benzene rings is 1. The molecule has 0 bridgehead atoms. The van der Waals surface area contributed by atoms with E-state index in [0.29, 0.717) is 5.75 Å². The third-order valence-electron chi connectivity index (χ3n) is 4.03. The van der Waals surface area contributed by atoms with Crippen LogP contribution >= 0.6 is 0 Å². The first-order valence-corrected chi connectivity index (χ1v) is 7.26. The van der Waals surface area contributed by atoms with Crippen LogP contribution in [0.25, 0.3) is 0 Å².